The summed E-state index contributed by atoms with van der Waals surface area (Å²) in [6, 6.07) is 6.57. The van der Waals surface area contributed by atoms with E-state index in [9.17, 15) is 9.18 Å². The standard InChI is InChI=1S/C14H12FNOS/c1-11(17)18-9-3-2-4-13-6-5-12(7-8-16)10-14(13)15/h5-6,10H,3,7,9H2,1H3. The maximum absolute atomic E-state index is 13.5. The molecule has 0 saturated heterocycles. The molecule has 0 bridgehead atoms. The van der Waals surface area contributed by atoms with Crippen LogP contribution in [0.2, 0.25) is 0 Å². The number of carbonyl (C=O) groups is 1. The van der Waals surface area contributed by atoms with Crippen LogP contribution in [0.25, 0.3) is 0 Å². The first kappa shape index (κ1) is 14.3. The van der Waals surface area contributed by atoms with Gasteiger partial charge in [-0.25, -0.2) is 4.39 Å². The Balaban J connectivity index is 2.60. The van der Waals surface area contributed by atoms with Crippen molar-refractivity contribution in [2.75, 3.05) is 5.75 Å². The molecule has 1 aromatic rings. The molecule has 0 aliphatic rings. The summed E-state index contributed by atoms with van der Waals surface area (Å²) >= 11 is 1.21. The molecule has 0 saturated carbocycles. The van der Waals surface area contributed by atoms with Gasteiger partial charge in [0.15, 0.2) is 5.12 Å². The fraction of sp³-hybridized carbons (Fsp3) is 0.286. The third-order valence-corrected chi connectivity index (χ3v) is 2.89. The lowest BCUT2D eigenvalue weighted by molar-refractivity contribution is -0.109. The first-order valence-corrected chi connectivity index (χ1v) is 6.39. The van der Waals surface area contributed by atoms with Gasteiger partial charge in [0.1, 0.15) is 5.82 Å². The number of hydrogen-bond donors (Lipinski definition) is 0. The van der Waals surface area contributed by atoms with E-state index in [2.05, 4.69) is 11.8 Å². The van der Waals surface area contributed by atoms with E-state index in [4.69, 9.17) is 5.26 Å². The Kier molecular flexibility index (Phi) is 5.97. The highest BCUT2D eigenvalue weighted by Crippen LogP contribution is 2.10. The third-order valence-electron chi connectivity index (χ3n) is 2.07. The lowest BCUT2D eigenvalue weighted by Crippen LogP contribution is -1.88. The summed E-state index contributed by atoms with van der Waals surface area (Å²) in [5, 5.41) is 8.55. The van der Waals surface area contributed by atoms with E-state index in [1.54, 1.807) is 12.1 Å². The summed E-state index contributed by atoms with van der Waals surface area (Å²) in [5.74, 6) is 5.76. The van der Waals surface area contributed by atoms with E-state index >= 15 is 0 Å². The molecule has 0 spiro atoms. The summed E-state index contributed by atoms with van der Waals surface area (Å²) in [6.07, 6.45) is 0.740. The van der Waals surface area contributed by atoms with E-state index in [0.29, 0.717) is 23.3 Å². The number of hydrogen-bond acceptors (Lipinski definition) is 3. The van der Waals surface area contributed by atoms with Gasteiger partial charge in [-0.05, 0) is 17.7 Å². The number of thioether (sulfide) groups is 1. The topological polar surface area (TPSA) is 40.9 Å². The largest absolute Gasteiger partial charge is 0.288 e. The van der Waals surface area contributed by atoms with Crippen molar-refractivity contribution in [3.8, 4) is 17.9 Å². The Morgan fingerprint density at radius 1 is 1.50 bits per heavy atom. The van der Waals surface area contributed by atoms with Crippen LogP contribution in [-0.4, -0.2) is 10.9 Å². The second-order valence-electron chi connectivity index (χ2n) is 3.54. The maximum Gasteiger partial charge on any atom is 0.185 e. The Bertz CT molecular complexity index is 537. The molecule has 0 fully saturated rings. The summed E-state index contributed by atoms with van der Waals surface area (Å²) in [7, 11) is 0. The Hall–Kier alpha value is -1.78. The number of carbonyl (C=O) groups excluding carboxylic acids is 1. The lowest BCUT2D eigenvalue weighted by atomic mass is 10.1. The molecule has 1 rings (SSSR count). The minimum Gasteiger partial charge on any atom is -0.288 e. The van der Waals surface area contributed by atoms with Gasteiger partial charge in [-0.2, -0.15) is 5.26 Å². The van der Waals surface area contributed by atoms with Crippen LogP contribution >= 0.6 is 11.8 Å². The maximum atomic E-state index is 13.5. The quantitative estimate of drug-likeness (QED) is 0.620. The number of nitrogens with zero attached hydrogens (tertiary/aromatic N) is 1. The summed E-state index contributed by atoms with van der Waals surface area (Å²) < 4.78 is 13.5. The number of nitriles is 1. The average molecular weight is 261 g/mol. The van der Waals surface area contributed by atoms with Crippen molar-refractivity contribution in [1.29, 1.82) is 5.26 Å². The van der Waals surface area contributed by atoms with Crippen LogP contribution in [0.15, 0.2) is 18.2 Å². The molecule has 0 aromatic heterocycles. The van der Waals surface area contributed by atoms with Crippen molar-refractivity contribution >= 4 is 16.9 Å². The third kappa shape index (κ3) is 5.03. The molecule has 0 aliphatic carbocycles. The minimum absolute atomic E-state index is 0.0591. The zero-order valence-electron chi connectivity index (χ0n) is 10.00. The van der Waals surface area contributed by atoms with Crippen LogP contribution < -0.4 is 0 Å². The summed E-state index contributed by atoms with van der Waals surface area (Å²) in [6.45, 7) is 1.51. The Morgan fingerprint density at radius 2 is 2.28 bits per heavy atom. The van der Waals surface area contributed by atoms with Gasteiger partial charge in [0.05, 0.1) is 18.1 Å². The second-order valence-corrected chi connectivity index (χ2v) is 4.81. The van der Waals surface area contributed by atoms with Crippen molar-refractivity contribution in [3.05, 3.63) is 35.1 Å². The van der Waals surface area contributed by atoms with Crippen LogP contribution in [0.3, 0.4) is 0 Å². The monoisotopic (exact) mass is 261 g/mol. The van der Waals surface area contributed by atoms with Crippen molar-refractivity contribution < 1.29 is 9.18 Å². The van der Waals surface area contributed by atoms with Gasteiger partial charge in [-0.3, -0.25) is 4.79 Å². The molecule has 0 radical (unpaired) electrons. The van der Waals surface area contributed by atoms with Crippen LogP contribution in [0.4, 0.5) is 4.39 Å². The second kappa shape index (κ2) is 7.53. The van der Waals surface area contributed by atoms with Crippen molar-refractivity contribution in [1.82, 2.24) is 0 Å². The van der Waals surface area contributed by atoms with Gasteiger partial charge in [-0.1, -0.05) is 29.7 Å². The molecular weight excluding hydrogens is 249 g/mol. The van der Waals surface area contributed by atoms with Crippen molar-refractivity contribution in [3.63, 3.8) is 0 Å². The number of benzene rings is 1. The zero-order valence-corrected chi connectivity index (χ0v) is 10.8. The number of rotatable bonds is 3. The molecule has 0 amide bonds. The molecule has 0 N–H and O–H groups in total. The predicted molar refractivity (Wildman–Crippen MR) is 70.4 cm³/mol. The molecule has 0 aliphatic heterocycles. The van der Waals surface area contributed by atoms with E-state index in [1.165, 1.54) is 24.8 Å². The van der Waals surface area contributed by atoms with Gasteiger partial charge in [0, 0.05) is 19.1 Å². The zero-order chi connectivity index (χ0) is 13.4. The highest BCUT2D eigenvalue weighted by atomic mass is 32.2. The predicted octanol–water partition coefficient (Wildman–Crippen LogP) is 2.91. The SMILES string of the molecule is CC(=O)SCCC#Cc1ccc(CC#N)cc1F. The smallest absolute Gasteiger partial charge is 0.185 e. The Morgan fingerprint density at radius 3 is 2.89 bits per heavy atom. The molecule has 18 heavy (non-hydrogen) atoms. The van der Waals surface area contributed by atoms with Crippen LogP contribution in [0, 0.1) is 29.0 Å². The van der Waals surface area contributed by atoms with Gasteiger partial charge >= 0.3 is 0 Å². The molecule has 0 unspecified atom stereocenters. The highest BCUT2D eigenvalue weighted by molar-refractivity contribution is 8.13. The fourth-order valence-corrected chi connectivity index (χ4v) is 1.76. The van der Waals surface area contributed by atoms with Crippen molar-refractivity contribution in [2.45, 2.75) is 19.8 Å². The molecular formula is C14H12FNOS. The number of halogens is 1. The van der Waals surface area contributed by atoms with E-state index in [-0.39, 0.29) is 11.5 Å². The summed E-state index contributed by atoms with van der Waals surface area (Å²) in [5.41, 5.74) is 0.970. The van der Waals surface area contributed by atoms with Crippen molar-refractivity contribution in [2.24, 2.45) is 0 Å². The van der Waals surface area contributed by atoms with Crippen LogP contribution in [-0.2, 0) is 11.2 Å². The molecule has 92 valence electrons. The van der Waals surface area contributed by atoms with E-state index < -0.39 is 5.82 Å². The van der Waals surface area contributed by atoms with Crippen LogP contribution in [0.1, 0.15) is 24.5 Å². The minimum atomic E-state index is -0.408. The Labute approximate surface area is 110 Å². The van der Waals surface area contributed by atoms with Gasteiger partial charge in [-0.15, -0.1) is 0 Å². The summed E-state index contributed by atoms with van der Waals surface area (Å²) in [4.78, 5) is 10.7. The highest BCUT2D eigenvalue weighted by Gasteiger charge is 2.00. The van der Waals surface area contributed by atoms with Gasteiger partial charge in [0.25, 0.3) is 0 Å². The molecule has 0 heterocycles. The molecule has 1 aromatic carbocycles. The first-order chi connectivity index (χ1) is 8.63. The van der Waals surface area contributed by atoms with Gasteiger partial charge in [0.2, 0.25) is 0 Å². The normalized spacial score (nSPS) is 9.17. The first-order valence-electron chi connectivity index (χ1n) is 5.41. The average Bonchev–Trinajstić information content (AvgIpc) is 2.31. The lowest BCUT2D eigenvalue weighted by Gasteiger charge is -1.97. The molecule has 4 heteroatoms. The molecule has 0 atom stereocenters. The van der Waals surface area contributed by atoms with E-state index in [1.807, 2.05) is 6.07 Å². The van der Waals surface area contributed by atoms with Gasteiger partial charge < -0.3 is 0 Å². The fourth-order valence-electron chi connectivity index (χ4n) is 1.26. The van der Waals surface area contributed by atoms with E-state index in [0.717, 1.165) is 0 Å². The molecule has 2 nitrogen and oxygen atoms in total. The van der Waals surface area contributed by atoms with Crippen LogP contribution in [0.5, 0.6) is 0 Å².